The van der Waals surface area contributed by atoms with Crippen molar-refractivity contribution in [2.45, 2.75) is 0 Å². The molecule has 0 heterocycles. The van der Waals surface area contributed by atoms with Crippen molar-refractivity contribution in [3.05, 3.63) is 35.9 Å². The zero-order valence-electron chi connectivity index (χ0n) is 7.71. The number of hydrogen-bond acceptors (Lipinski definition) is 2. The van der Waals surface area contributed by atoms with Crippen LogP contribution in [0.4, 0.5) is 5.69 Å². The standard InChI is InChI=1S/C10H11N3O/c1-3-7-6-8(10(14)13-11)4-5-9(7)12-2/h3-6H,1-2,11H2,(H,13,14)/p+1. The number of benzene rings is 1. The average molecular weight is 190 g/mol. The van der Waals surface area contributed by atoms with Gasteiger partial charge in [0, 0.05) is 17.2 Å². The Morgan fingerprint density at radius 1 is 1.57 bits per heavy atom. The molecule has 4 N–H and O–H groups in total. The molecule has 0 spiro atoms. The topological polar surface area (TPSA) is 69.1 Å². The summed E-state index contributed by atoms with van der Waals surface area (Å²) in [5.41, 5.74) is 4.17. The van der Waals surface area contributed by atoms with Gasteiger partial charge in [0.2, 0.25) is 5.69 Å². The summed E-state index contributed by atoms with van der Waals surface area (Å²) in [7, 11) is 0. The van der Waals surface area contributed by atoms with E-state index in [1.165, 1.54) is 0 Å². The molecule has 0 aliphatic carbocycles. The molecule has 0 fully saturated rings. The third-order valence-electron chi connectivity index (χ3n) is 1.86. The second kappa shape index (κ2) is 4.34. The molecular formula is C10H12N3O+. The lowest BCUT2D eigenvalue weighted by molar-refractivity contribution is -0.342. The Bertz CT molecular complexity index is 385. The van der Waals surface area contributed by atoms with Crippen molar-refractivity contribution in [2.75, 3.05) is 0 Å². The van der Waals surface area contributed by atoms with Crippen molar-refractivity contribution in [2.24, 2.45) is 5.84 Å². The third-order valence-corrected chi connectivity index (χ3v) is 1.86. The number of carbonyl (C=O) groups is 1. The fourth-order valence-corrected chi connectivity index (χ4v) is 1.12. The van der Waals surface area contributed by atoms with Crippen LogP contribution in [0.1, 0.15) is 15.9 Å². The zero-order chi connectivity index (χ0) is 10.6. The van der Waals surface area contributed by atoms with Crippen LogP contribution >= 0.6 is 0 Å². The summed E-state index contributed by atoms with van der Waals surface area (Å²) in [6.45, 7) is 7.17. The van der Waals surface area contributed by atoms with E-state index in [2.05, 4.69) is 23.7 Å². The lowest BCUT2D eigenvalue weighted by atomic mass is 10.1. The highest BCUT2D eigenvalue weighted by Gasteiger charge is 2.08. The summed E-state index contributed by atoms with van der Waals surface area (Å²) in [5, 5.41) is 0. The van der Waals surface area contributed by atoms with Gasteiger partial charge < -0.3 is 0 Å². The van der Waals surface area contributed by atoms with Gasteiger partial charge in [0.25, 0.3) is 5.91 Å². The Morgan fingerprint density at radius 2 is 2.29 bits per heavy atom. The molecule has 72 valence electrons. The monoisotopic (exact) mass is 190 g/mol. The van der Waals surface area contributed by atoms with Crippen LogP contribution in [0.2, 0.25) is 0 Å². The van der Waals surface area contributed by atoms with Crippen LogP contribution < -0.4 is 16.3 Å². The van der Waals surface area contributed by atoms with Gasteiger partial charge in [-0.1, -0.05) is 12.7 Å². The van der Waals surface area contributed by atoms with Gasteiger partial charge in [-0.15, -0.1) is 0 Å². The highest BCUT2D eigenvalue weighted by Crippen LogP contribution is 2.13. The Balaban J connectivity index is 3.20. The fourth-order valence-electron chi connectivity index (χ4n) is 1.12. The molecule has 0 aliphatic heterocycles. The first kappa shape index (κ1) is 10.1. The normalized spacial score (nSPS) is 9.21. The first-order valence-corrected chi connectivity index (χ1v) is 4.03. The number of hydrogen-bond donors (Lipinski definition) is 3. The van der Waals surface area contributed by atoms with Gasteiger partial charge in [0.1, 0.15) is 6.72 Å². The first-order chi connectivity index (χ1) is 6.72. The average Bonchev–Trinajstić information content (AvgIpc) is 2.26. The molecule has 0 unspecified atom stereocenters. The smallest absolute Gasteiger partial charge is 0.265 e. The lowest BCUT2D eigenvalue weighted by Crippen LogP contribution is -2.58. The van der Waals surface area contributed by atoms with Crippen molar-refractivity contribution < 1.29 is 9.79 Å². The molecule has 1 rings (SSSR count). The van der Waals surface area contributed by atoms with Crippen LogP contribution in [-0.2, 0) is 0 Å². The fraction of sp³-hybridized carbons (Fsp3) is 0. The maximum atomic E-state index is 11.2. The van der Waals surface area contributed by atoms with Gasteiger partial charge in [-0.25, -0.2) is 10.8 Å². The van der Waals surface area contributed by atoms with E-state index in [0.717, 1.165) is 11.3 Å². The second-order valence-corrected chi connectivity index (χ2v) is 2.66. The third kappa shape index (κ3) is 1.86. The summed E-state index contributed by atoms with van der Waals surface area (Å²) < 4.78 is 0. The van der Waals surface area contributed by atoms with Crippen LogP contribution in [0.3, 0.4) is 0 Å². The Morgan fingerprint density at radius 3 is 2.79 bits per heavy atom. The van der Waals surface area contributed by atoms with Gasteiger partial charge in [0.05, 0.1) is 0 Å². The molecule has 1 aromatic rings. The van der Waals surface area contributed by atoms with Gasteiger partial charge in [-0.05, 0) is 12.1 Å². The van der Waals surface area contributed by atoms with Crippen LogP contribution in [0.15, 0.2) is 24.8 Å². The quantitative estimate of drug-likeness (QED) is 0.256. The highest BCUT2D eigenvalue weighted by molar-refractivity contribution is 5.94. The first-order valence-electron chi connectivity index (χ1n) is 4.03. The van der Waals surface area contributed by atoms with E-state index in [1.54, 1.807) is 24.3 Å². The Hall–Kier alpha value is -1.94. The van der Waals surface area contributed by atoms with E-state index in [9.17, 15) is 4.79 Å². The van der Waals surface area contributed by atoms with Crippen LogP contribution in [0, 0.1) is 0 Å². The largest absolute Gasteiger partial charge is 0.290 e. The van der Waals surface area contributed by atoms with Gasteiger partial charge in [0.15, 0.2) is 0 Å². The zero-order valence-corrected chi connectivity index (χ0v) is 7.71. The molecule has 1 amide bonds. The van der Waals surface area contributed by atoms with Gasteiger partial charge in [-0.3, -0.25) is 10.2 Å². The van der Waals surface area contributed by atoms with Crippen molar-refractivity contribution in [1.82, 2.24) is 5.43 Å². The second-order valence-electron chi connectivity index (χ2n) is 2.66. The van der Waals surface area contributed by atoms with Crippen molar-refractivity contribution >= 4 is 24.4 Å². The predicted octanol–water partition coefficient (Wildman–Crippen LogP) is -0.654. The maximum Gasteiger partial charge on any atom is 0.265 e. The summed E-state index contributed by atoms with van der Waals surface area (Å²) in [6, 6.07) is 5.08. The van der Waals surface area contributed by atoms with E-state index in [-0.39, 0.29) is 5.91 Å². The van der Waals surface area contributed by atoms with Crippen LogP contribution in [0.25, 0.3) is 6.08 Å². The number of nitrogens with two attached hydrogens (primary N) is 1. The minimum Gasteiger partial charge on any atom is -0.290 e. The molecule has 1 aromatic carbocycles. The minimum atomic E-state index is -0.330. The SMILES string of the molecule is C=Cc1cc(C(=O)NN)ccc1[NH+]=C. The van der Waals surface area contributed by atoms with Crippen molar-refractivity contribution in [1.29, 1.82) is 0 Å². The summed E-state index contributed by atoms with van der Waals surface area (Å²) in [6.07, 6.45) is 1.64. The number of hydrazine groups is 1. The molecule has 0 radical (unpaired) electrons. The van der Waals surface area contributed by atoms with E-state index >= 15 is 0 Å². The molecule has 0 bridgehead atoms. The van der Waals surface area contributed by atoms with Gasteiger partial charge in [-0.2, -0.15) is 0 Å². The molecule has 0 saturated carbocycles. The number of nitrogen functional groups attached to an aromatic ring is 1. The summed E-state index contributed by atoms with van der Waals surface area (Å²) >= 11 is 0. The number of amides is 1. The molecule has 14 heavy (non-hydrogen) atoms. The molecular weight excluding hydrogens is 178 g/mol. The van der Waals surface area contributed by atoms with E-state index < -0.39 is 0 Å². The number of nitrogens with one attached hydrogen (secondary N) is 2. The van der Waals surface area contributed by atoms with Crippen molar-refractivity contribution in [3.63, 3.8) is 0 Å². The highest BCUT2D eigenvalue weighted by atomic mass is 16.2. The van der Waals surface area contributed by atoms with Crippen molar-refractivity contribution in [3.8, 4) is 0 Å². The molecule has 0 saturated heterocycles. The van der Waals surface area contributed by atoms with Crippen LogP contribution in [-0.4, -0.2) is 12.6 Å². The van der Waals surface area contributed by atoms with E-state index in [1.807, 2.05) is 0 Å². The summed E-state index contributed by atoms with van der Waals surface area (Å²) in [5.74, 6) is 4.68. The lowest BCUT2D eigenvalue weighted by Gasteiger charge is -2.00. The Labute approximate surface area is 82.1 Å². The number of rotatable bonds is 3. The molecule has 4 nitrogen and oxygen atoms in total. The van der Waals surface area contributed by atoms with Crippen LogP contribution in [0.5, 0.6) is 0 Å². The van der Waals surface area contributed by atoms with E-state index in [4.69, 9.17) is 5.84 Å². The molecule has 0 aliphatic rings. The molecule has 4 heteroatoms. The molecule has 0 aromatic heterocycles. The van der Waals surface area contributed by atoms with E-state index in [0.29, 0.717) is 5.56 Å². The van der Waals surface area contributed by atoms with Gasteiger partial charge >= 0.3 is 0 Å². The minimum absolute atomic E-state index is 0.330. The molecule has 0 atom stereocenters. The predicted molar refractivity (Wildman–Crippen MR) is 55.9 cm³/mol. The Kier molecular flexibility index (Phi) is 3.14. The summed E-state index contributed by atoms with van der Waals surface area (Å²) in [4.78, 5) is 13.9. The number of carbonyl (C=O) groups excluding carboxylic acids is 1. The maximum absolute atomic E-state index is 11.2.